The molecule has 3 aromatic heterocycles. The SMILES string of the molecule is Fc1c(F)c(-c2ccc(-c3ccc(N(c4ccccc4)c4ccc(C(=C(c5ccccc5)c5ccccc5)c5ccccc5)cc4)cc3)s2)c2nsnc2c1-c1ccc(-c2ccc(N(c3ccccc3)c3ccc(C(=C(c4ccccc4)c4ccccc4)c4ccccc4)cc3)cc2)s1. The molecule has 0 bridgehead atoms. The number of anilines is 6. The number of fused-ring (bicyclic) bond motifs is 1. The lowest BCUT2D eigenvalue weighted by Gasteiger charge is -2.26. The molecule has 0 aliphatic rings. The van der Waals surface area contributed by atoms with Crippen molar-refractivity contribution in [3.8, 4) is 41.8 Å². The van der Waals surface area contributed by atoms with Crippen molar-refractivity contribution in [1.29, 1.82) is 0 Å². The molecule has 99 heavy (non-hydrogen) atoms. The fourth-order valence-corrected chi connectivity index (χ4v) is 15.9. The highest BCUT2D eigenvalue weighted by molar-refractivity contribution is 7.19. The number of thiophene rings is 2. The van der Waals surface area contributed by atoms with Crippen molar-refractivity contribution in [2.24, 2.45) is 0 Å². The maximum Gasteiger partial charge on any atom is 0.170 e. The molecule has 0 fully saturated rings. The van der Waals surface area contributed by atoms with Crippen molar-refractivity contribution in [3.63, 3.8) is 0 Å². The highest BCUT2D eigenvalue weighted by Gasteiger charge is 2.28. The van der Waals surface area contributed by atoms with Gasteiger partial charge in [-0.05, 0) is 175 Å². The van der Waals surface area contributed by atoms with Gasteiger partial charge in [0.2, 0.25) is 0 Å². The second-order valence-corrected chi connectivity index (χ2v) is 26.6. The minimum absolute atomic E-state index is 0.110. The van der Waals surface area contributed by atoms with E-state index in [0.29, 0.717) is 20.8 Å². The molecule has 16 aromatic rings. The van der Waals surface area contributed by atoms with Gasteiger partial charge in [0.25, 0.3) is 0 Å². The Morgan fingerprint density at radius 2 is 0.434 bits per heavy atom. The molecular formula is C90H60F2N4S3. The number of nitrogens with zero attached hydrogens (tertiary/aromatic N) is 4. The average Bonchev–Trinajstić information content (AvgIpc) is 1.55. The third-order valence-corrected chi connectivity index (χ3v) is 20.7. The average molecular weight is 1330 g/mol. The van der Waals surface area contributed by atoms with Crippen LogP contribution in [0.4, 0.5) is 42.9 Å². The normalized spacial score (nSPS) is 11.1. The summed E-state index contributed by atoms with van der Waals surface area (Å²) in [5, 5.41) is 0. The monoisotopic (exact) mass is 1330 g/mol. The summed E-state index contributed by atoms with van der Waals surface area (Å²) in [5.74, 6) is -1.90. The van der Waals surface area contributed by atoms with E-state index in [0.717, 1.165) is 134 Å². The van der Waals surface area contributed by atoms with Crippen LogP contribution in [0.2, 0.25) is 0 Å². The summed E-state index contributed by atoms with van der Waals surface area (Å²) in [4.78, 5) is 7.44. The van der Waals surface area contributed by atoms with Crippen LogP contribution in [0.5, 0.6) is 0 Å². The van der Waals surface area contributed by atoms with Crippen molar-refractivity contribution in [2.75, 3.05) is 9.80 Å². The number of hydrogen-bond acceptors (Lipinski definition) is 7. The Bertz CT molecular complexity index is 5070. The van der Waals surface area contributed by atoms with Crippen molar-refractivity contribution < 1.29 is 8.78 Å². The smallest absolute Gasteiger partial charge is 0.170 e. The second-order valence-electron chi connectivity index (χ2n) is 23.9. The van der Waals surface area contributed by atoms with Crippen molar-refractivity contribution in [1.82, 2.24) is 8.75 Å². The number of halogens is 2. The van der Waals surface area contributed by atoms with Crippen molar-refractivity contribution >= 4 is 102 Å². The van der Waals surface area contributed by atoms with Gasteiger partial charge in [-0.1, -0.05) is 267 Å². The number of aromatic nitrogens is 2. The minimum atomic E-state index is -0.949. The lowest BCUT2D eigenvalue weighted by Crippen LogP contribution is -2.09. The summed E-state index contributed by atoms with van der Waals surface area (Å²) < 4.78 is 43.4. The third kappa shape index (κ3) is 12.5. The molecular weight excluding hydrogens is 1270 g/mol. The number of hydrogen-bond donors (Lipinski definition) is 0. The molecule has 16 rings (SSSR count). The van der Waals surface area contributed by atoms with Crippen molar-refractivity contribution in [2.45, 2.75) is 0 Å². The summed E-state index contributed by atoms with van der Waals surface area (Å²) in [5.41, 5.74) is 22.3. The molecule has 13 aromatic carbocycles. The Balaban J connectivity index is 0.672. The summed E-state index contributed by atoms with van der Waals surface area (Å²) in [7, 11) is 0. The summed E-state index contributed by atoms with van der Waals surface area (Å²) in [6.07, 6.45) is 0. The minimum Gasteiger partial charge on any atom is -0.311 e. The predicted octanol–water partition coefficient (Wildman–Crippen LogP) is 25.7. The Morgan fingerprint density at radius 1 is 0.222 bits per heavy atom. The van der Waals surface area contributed by atoms with Gasteiger partial charge in [-0.15, -0.1) is 22.7 Å². The highest BCUT2D eigenvalue weighted by Crippen LogP contribution is 2.48. The van der Waals surface area contributed by atoms with E-state index in [2.05, 4.69) is 346 Å². The van der Waals surface area contributed by atoms with Gasteiger partial charge in [-0.25, -0.2) is 8.78 Å². The first-order chi connectivity index (χ1) is 49.0. The molecule has 0 radical (unpaired) electrons. The maximum absolute atomic E-state index is 17.1. The molecule has 0 atom stereocenters. The Labute approximate surface area is 586 Å². The molecule has 0 aliphatic carbocycles. The topological polar surface area (TPSA) is 32.3 Å². The van der Waals surface area contributed by atoms with E-state index in [1.807, 2.05) is 36.4 Å². The van der Waals surface area contributed by atoms with Crippen LogP contribution in [0.1, 0.15) is 44.5 Å². The Hall–Kier alpha value is -12.0. The molecule has 472 valence electrons. The zero-order chi connectivity index (χ0) is 66.4. The van der Waals surface area contributed by atoms with E-state index < -0.39 is 11.6 Å². The molecule has 0 unspecified atom stereocenters. The first kappa shape index (κ1) is 61.9. The molecule has 0 spiro atoms. The van der Waals surface area contributed by atoms with Gasteiger partial charge in [-0.2, -0.15) is 8.75 Å². The van der Waals surface area contributed by atoms with E-state index in [4.69, 9.17) is 0 Å². The first-order valence-electron chi connectivity index (χ1n) is 32.7. The molecule has 0 aliphatic heterocycles. The van der Waals surface area contributed by atoms with Crippen LogP contribution in [0.25, 0.3) is 75.1 Å². The van der Waals surface area contributed by atoms with Crippen LogP contribution in [-0.4, -0.2) is 8.75 Å². The number of para-hydroxylation sites is 2. The van der Waals surface area contributed by atoms with E-state index in [1.165, 1.54) is 22.7 Å². The number of rotatable bonds is 18. The molecule has 0 amide bonds. The lowest BCUT2D eigenvalue weighted by molar-refractivity contribution is 0.516. The Morgan fingerprint density at radius 3 is 0.697 bits per heavy atom. The fraction of sp³-hybridized carbons (Fsp3) is 0. The quantitative estimate of drug-likeness (QED) is 0.0802. The van der Waals surface area contributed by atoms with Gasteiger partial charge >= 0.3 is 0 Å². The van der Waals surface area contributed by atoms with E-state index in [1.54, 1.807) is 0 Å². The van der Waals surface area contributed by atoms with Crippen LogP contribution >= 0.6 is 34.4 Å². The molecule has 9 heteroatoms. The standard InChI is InChI=1S/C90H60F2N4S3/c91-87-85(79-59-57-77(97-79)61-41-49-73(50-42-61)95(71-37-21-7-22-38-71)75-53-45-69(46-54-75)83(67-33-17-5-18-34-67)81(63-25-9-1-10-26-63)64-27-11-2-12-28-64)89-90(94-99-93-89)86(88(87)92)80-60-58-78(98-80)62-43-51-74(52-44-62)96(72-39-23-8-24-40-72)76-55-47-70(48-56-76)84(68-35-19-6-20-36-68)82(65-29-13-3-14-30-65)66-31-15-4-16-32-66/h1-60H. The first-order valence-corrected chi connectivity index (χ1v) is 35.1. The largest absolute Gasteiger partial charge is 0.311 e. The fourth-order valence-electron chi connectivity index (χ4n) is 13.3. The number of benzene rings is 13. The molecule has 0 N–H and O–H groups in total. The zero-order valence-electron chi connectivity index (χ0n) is 53.4. The molecule has 0 saturated carbocycles. The van der Waals surface area contributed by atoms with Crippen LogP contribution in [0, 0.1) is 11.6 Å². The Kier molecular flexibility index (Phi) is 17.5. The van der Waals surface area contributed by atoms with Gasteiger partial charge in [0.05, 0.1) is 22.9 Å². The van der Waals surface area contributed by atoms with Gasteiger partial charge in [-0.3, -0.25) is 0 Å². The molecule has 4 nitrogen and oxygen atoms in total. The summed E-state index contributed by atoms with van der Waals surface area (Å²) in [6, 6.07) is 126. The van der Waals surface area contributed by atoms with Crippen molar-refractivity contribution in [3.05, 3.63) is 420 Å². The van der Waals surface area contributed by atoms with Crippen LogP contribution in [0.15, 0.2) is 364 Å². The van der Waals surface area contributed by atoms with E-state index in [-0.39, 0.29) is 11.1 Å². The van der Waals surface area contributed by atoms with E-state index >= 15 is 8.78 Å². The van der Waals surface area contributed by atoms with Gasteiger partial charge in [0.1, 0.15) is 11.0 Å². The van der Waals surface area contributed by atoms with Crippen LogP contribution in [0.3, 0.4) is 0 Å². The third-order valence-electron chi connectivity index (χ3n) is 17.9. The summed E-state index contributed by atoms with van der Waals surface area (Å²) in [6.45, 7) is 0. The predicted molar refractivity (Wildman–Crippen MR) is 413 cm³/mol. The van der Waals surface area contributed by atoms with Crippen LogP contribution in [-0.2, 0) is 0 Å². The molecule has 0 saturated heterocycles. The van der Waals surface area contributed by atoms with Gasteiger partial charge in [0.15, 0.2) is 11.6 Å². The van der Waals surface area contributed by atoms with Gasteiger partial charge < -0.3 is 9.80 Å². The van der Waals surface area contributed by atoms with Gasteiger partial charge in [0, 0.05) is 53.6 Å². The highest BCUT2D eigenvalue weighted by atomic mass is 32.1. The second kappa shape index (κ2) is 28.0. The van der Waals surface area contributed by atoms with Crippen LogP contribution < -0.4 is 9.80 Å². The summed E-state index contributed by atoms with van der Waals surface area (Å²) >= 11 is 3.76. The molecule has 3 heterocycles. The zero-order valence-corrected chi connectivity index (χ0v) is 55.9. The lowest BCUT2D eigenvalue weighted by atomic mass is 9.86. The maximum atomic E-state index is 17.1. The van der Waals surface area contributed by atoms with E-state index in [9.17, 15) is 0 Å².